The number of ketones is 1. The standard InChI is InChI=1S/C7H2ClF4NO/c8-2-1-13-7(12)4(9)3(2)5(14)6(10)11/h1,6H. The molecule has 1 heterocycles. The number of hydrogen-bond acceptors (Lipinski definition) is 2. The highest BCUT2D eigenvalue weighted by Crippen LogP contribution is 2.22. The predicted molar refractivity (Wildman–Crippen MR) is 39.5 cm³/mol. The van der Waals surface area contributed by atoms with E-state index in [0.29, 0.717) is 6.20 Å². The van der Waals surface area contributed by atoms with E-state index < -0.39 is 34.6 Å². The van der Waals surface area contributed by atoms with E-state index in [-0.39, 0.29) is 0 Å². The number of carbonyl (C=O) groups is 1. The molecule has 0 saturated heterocycles. The molecule has 76 valence electrons. The second-order valence-corrected chi connectivity index (χ2v) is 2.66. The lowest BCUT2D eigenvalue weighted by Crippen LogP contribution is -2.14. The van der Waals surface area contributed by atoms with Crippen molar-refractivity contribution in [3.8, 4) is 0 Å². The summed E-state index contributed by atoms with van der Waals surface area (Å²) < 4.78 is 49.0. The van der Waals surface area contributed by atoms with Gasteiger partial charge in [0.05, 0.1) is 10.6 Å². The van der Waals surface area contributed by atoms with E-state index in [1.807, 2.05) is 0 Å². The summed E-state index contributed by atoms with van der Waals surface area (Å²) in [5, 5.41) is -0.644. The third-order valence-electron chi connectivity index (χ3n) is 1.38. The van der Waals surface area contributed by atoms with Gasteiger partial charge in [0.15, 0.2) is 5.82 Å². The van der Waals surface area contributed by atoms with Gasteiger partial charge in [0.25, 0.3) is 0 Å². The zero-order chi connectivity index (χ0) is 10.9. The first-order chi connectivity index (χ1) is 6.45. The Balaban J connectivity index is 3.33. The van der Waals surface area contributed by atoms with Crippen LogP contribution in [0.2, 0.25) is 5.02 Å². The van der Waals surface area contributed by atoms with Crippen LogP contribution in [0.5, 0.6) is 0 Å². The van der Waals surface area contributed by atoms with E-state index in [2.05, 4.69) is 4.98 Å². The molecule has 1 aromatic rings. The Hall–Kier alpha value is -1.17. The van der Waals surface area contributed by atoms with Gasteiger partial charge >= 0.3 is 6.43 Å². The smallest absolute Gasteiger partial charge is 0.288 e. The fraction of sp³-hybridized carbons (Fsp3) is 0.143. The average Bonchev–Trinajstić information content (AvgIpc) is 2.12. The number of aromatic nitrogens is 1. The second-order valence-electron chi connectivity index (χ2n) is 2.25. The highest BCUT2D eigenvalue weighted by molar-refractivity contribution is 6.34. The third-order valence-corrected chi connectivity index (χ3v) is 1.66. The minimum absolute atomic E-state index is 0.593. The van der Waals surface area contributed by atoms with E-state index >= 15 is 0 Å². The first-order valence-electron chi connectivity index (χ1n) is 3.27. The van der Waals surface area contributed by atoms with E-state index in [1.54, 1.807) is 0 Å². The largest absolute Gasteiger partial charge is 0.300 e. The number of pyridine rings is 1. The Kier molecular flexibility index (Phi) is 3.05. The van der Waals surface area contributed by atoms with Crippen LogP contribution in [0.15, 0.2) is 6.20 Å². The van der Waals surface area contributed by atoms with Gasteiger partial charge < -0.3 is 0 Å². The van der Waals surface area contributed by atoms with Gasteiger partial charge in [-0.2, -0.15) is 4.39 Å². The molecule has 0 atom stereocenters. The molecule has 0 N–H and O–H groups in total. The van der Waals surface area contributed by atoms with Crippen LogP contribution < -0.4 is 0 Å². The highest BCUT2D eigenvalue weighted by Gasteiger charge is 2.26. The van der Waals surface area contributed by atoms with Crippen LogP contribution in [0, 0.1) is 11.8 Å². The predicted octanol–water partition coefficient (Wildman–Crippen LogP) is 2.46. The van der Waals surface area contributed by atoms with Crippen molar-refractivity contribution in [2.75, 3.05) is 0 Å². The summed E-state index contributed by atoms with van der Waals surface area (Å²) in [7, 11) is 0. The Labute approximate surface area is 80.5 Å². The maximum absolute atomic E-state index is 12.8. The lowest BCUT2D eigenvalue weighted by Gasteiger charge is -2.03. The van der Waals surface area contributed by atoms with Gasteiger partial charge in [-0.15, -0.1) is 0 Å². The summed E-state index contributed by atoms with van der Waals surface area (Å²) in [6.45, 7) is 0. The molecule has 0 amide bonds. The second kappa shape index (κ2) is 3.91. The number of carbonyl (C=O) groups excluding carboxylic acids is 1. The molecule has 0 saturated carbocycles. The van der Waals surface area contributed by atoms with Crippen molar-refractivity contribution in [2.45, 2.75) is 6.43 Å². The van der Waals surface area contributed by atoms with E-state index in [1.165, 1.54) is 0 Å². The van der Waals surface area contributed by atoms with Gasteiger partial charge in [0.2, 0.25) is 11.7 Å². The molecule has 0 unspecified atom stereocenters. The maximum Gasteiger partial charge on any atom is 0.300 e. The molecule has 0 aliphatic heterocycles. The van der Waals surface area contributed by atoms with Crippen LogP contribution in [0.25, 0.3) is 0 Å². The molecule has 0 aromatic carbocycles. The van der Waals surface area contributed by atoms with Gasteiger partial charge in [0, 0.05) is 6.20 Å². The molecular formula is C7H2ClF4NO. The summed E-state index contributed by atoms with van der Waals surface area (Å²) in [6.07, 6.45) is -2.85. The quantitative estimate of drug-likeness (QED) is 0.441. The lowest BCUT2D eigenvalue weighted by atomic mass is 10.1. The number of nitrogens with zero attached hydrogens (tertiary/aromatic N) is 1. The summed E-state index contributed by atoms with van der Waals surface area (Å²) in [5.74, 6) is -5.27. The van der Waals surface area contributed by atoms with E-state index in [0.717, 1.165) is 0 Å². The van der Waals surface area contributed by atoms with Crippen molar-refractivity contribution < 1.29 is 22.4 Å². The first-order valence-corrected chi connectivity index (χ1v) is 3.64. The van der Waals surface area contributed by atoms with Crippen LogP contribution in [-0.4, -0.2) is 17.2 Å². The number of halogens is 5. The van der Waals surface area contributed by atoms with Gasteiger partial charge in [-0.05, 0) is 0 Å². The van der Waals surface area contributed by atoms with Crippen molar-refractivity contribution >= 4 is 17.4 Å². The van der Waals surface area contributed by atoms with Crippen molar-refractivity contribution in [1.29, 1.82) is 0 Å². The molecule has 0 bridgehead atoms. The van der Waals surface area contributed by atoms with Crippen LogP contribution in [0.3, 0.4) is 0 Å². The SMILES string of the molecule is O=C(c1c(Cl)cnc(F)c1F)C(F)F. The maximum atomic E-state index is 12.8. The summed E-state index contributed by atoms with van der Waals surface area (Å²) >= 11 is 5.22. The van der Waals surface area contributed by atoms with Crippen LogP contribution in [-0.2, 0) is 0 Å². The van der Waals surface area contributed by atoms with Gasteiger partial charge in [-0.1, -0.05) is 11.6 Å². The van der Waals surface area contributed by atoms with E-state index in [4.69, 9.17) is 11.6 Å². The van der Waals surface area contributed by atoms with Gasteiger partial charge in [-0.25, -0.2) is 18.2 Å². The van der Waals surface area contributed by atoms with Crippen molar-refractivity contribution in [3.05, 3.63) is 28.5 Å². The molecule has 0 spiro atoms. The summed E-state index contributed by atoms with van der Waals surface area (Å²) in [4.78, 5) is 13.5. The average molecular weight is 228 g/mol. The first kappa shape index (κ1) is 10.9. The summed E-state index contributed by atoms with van der Waals surface area (Å²) in [6, 6.07) is 0. The molecule has 2 nitrogen and oxygen atoms in total. The molecule has 1 rings (SSSR count). The minimum atomic E-state index is -3.44. The third kappa shape index (κ3) is 1.84. The van der Waals surface area contributed by atoms with Crippen LogP contribution in [0.1, 0.15) is 10.4 Å². The number of alkyl halides is 2. The highest BCUT2D eigenvalue weighted by atomic mass is 35.5. The molecule has 0 radical (unpaired) electrons. The van der Waals surface area contributed by atoms with Gasteiger partial charge in [0.1, 0.15) is 0 Å². The van der Waals surface area contributed by atoms with Crippen molar-refractivity contribution in [3.63, 3.8) is 0 Å². The molecule has 0 fully saturated rings. The minimum Gasteiger partial charge on any atom is -0.288 e. The van der Waals surface area contributed by atoms with Crippen LogP contribution >= 0.6 is 11.6 Å². The molecular weight excluding hydrogens is 226 g/mol. The van der Waals surface area contributed by atoms with Gasteiger partial charge in [-0.3, -0.25) is 4.79 Å². The lowest BCUT2D eigenvalue weighted by molar-refractivity contribution is 0.0673. The monoisotopic (exact) mass is 227 g/mol. The Morgan fingerprint density at radius 1 is 1.43 bits per heavy atom. The van der Waals surface area contributed by atoms with Crippen molar-refractivity contribution in [1.82, 2.24) is 4.98 Å². The molecule has 7 heteroatoms. The number of hydrogen-bond donors (Lipinski definition) is 0. The Morgan fingerprint density at radius 2 is 2.00 bits per heavy atom. The molecule has 14 heavy (non-hydrogen) atoms. The zero-order valence-electron chi connectivity index (χ0n) is 6.40. The van der Waals surface area contributed by atoms with E-state index in [9.17, 15) is 22.4 Å². The Morgan fingerprint density at radius 3 is 2.50 bits per heavy atom. The summed E-state index contributed by atoms with van der Waals surface area (Å²) in [5.41, 5.74) is -1.17. The molecule has 1 aromatic heterocycles. The number of Topliss-reactive ketones (excluding diaryl/α,β-unsaturated/α-hetero) is 1. The fourth-order valence-corrected chi connectivity index (χ4v) is 1.00. The molecule has 0 aliphatic rings. The normalized spacial score (nSPS) is 10.7. The molecule has 0 aliphatic carbocycles. The van der Waals surface area contributed by atoms with Crippen LogP contribution in [0.4, 0.5) is 17.6 Å². The Bertz CT molecular complexity index is 382. The topological polar surface area (TPSA) is 30.0 Å². The van der Waals surface area contributed by atoms with Crippen molar-refractivity contribution in [2.24, 2.45) is 0 Å². The number of rotatable bonds is 2. The zero-order valence-corrected chi connectivity index (χ0v) is 7.16. The fourth-order valence-electron chi connectivity index (χ4n) is 0.778.